The third kappa shape index (κ3) is 4.82. The normalized spacial score (nSPS) is 11.1. The maximum Gasteiger partial charge on any atom is 0.421 e. The van der Waals surface area contributed by atoms with Crippen LogP contribution in [-0.4, -0.2) is 29.2 Å². The highest BCUT2D eigenvalue weighted by Crippen LogP contribution is 2.20. The maximum atomic E-state index is 10.7. The molecule has 1 amide bonds. The zero-order valence-electron chi connectivity index (χ0n) is 13.5. The van der Waals surface area contributed by atoms with Crippen LogP contribution in [-0.2, 0) is 14.1 Å². The molecule has 0 aliphatic rings. The number of azo groups is 1. The van der Waals surface area contributed by atoms with Crippen LogP contribution in [0.4, 0.5) is 22.1 Å². The minimum Gasteiger partial charge on any atom is -0.374 e. The summed E-state index contributed by atoms with van der Waals surface area (Å²) in [5, 5.41) is 8.17. The highest BCUT2D eigenvalue weighted by atomic mass is 32.2. The number of benzene rings is 1. The van der Waals surface area contributed by atoms with Crippen LogP contribution in [0.15, 0.2) is 46.9 Å². The second kappa shape index (κ2) is 7.77. The van der Waals surface area contributed by atoms with Crippen molar-refractivity contribution in [3.63, 3.8) is 0 Å². The van der Waals surface area contributed by atoms with Gasteiger partial charge >= 0.3 is 5.95 Å². The molecule has 23 heavy (non-hydrogen) atoms. The quantitative estimate of drug-likeness (QED) is 0.651. The van der Waals surface area contributed by atoms with Crippen molar-refractivity contribution in [3.8, 4) is 0 Å². The first-order valence-corrected chi connectivity index (χ1v) is 8.12. The van der Waals surface area contributed by atoms with Crippen molar-refractivity contribution >= 4 is 34.3 Å². The zero-order valence-corrected chi connectivity index (χ0v) is 14.3. The number of anilines is 1. The molecule has 0 aliphatic heterocycles. The first kappa shape index (κ1) is 17.0. The molecule has 0 bridgehead atoms. The van der Waals surface area contributed by atoms with E-state index in [9.17, 15) is 4.79 Å². The first-order valence-electron chi connectivity index (χ1n) is 7.13. The number of thioether (sulfide) groups is 1. The maximum absolute atomic E-state index is 10.7. The number of carbonyl (C=O) groups is 1. The number of nitrogens with two attached hydrogens (primary N) is 1. The van der Waals surface area contributed by atoms with Crippen molar-refractivity contribution in [2.45, 2.75) is 0 Å². The molecule has 1 aromatic heterocycles. The van der Waals surface area contributed by atoms with Gasteiger partial charge in [-0.25, -0.2) is 9.13 Å². The Balaban J connectivity index is 1.98. The fourth-order valence-corrected chi connectivity index (χ4v) is 2.58. The summed E-state index contributed by atoms with van der Waals surface area (Å²) in [4.78, 5) is 12.8. The molecule has 2 aromatic rings. The van der Waals surface area contributed by atoms with Crippen molar-refractivity contribution in [1.82, 2.24) is 4.57 Å². The lowest BCUT2D eigenvalue weighted by atomic mass is 10.2. The predicted molar refractivity (Wildman–Crippen MR) is 92.5 cm³/mol. The van der Waals surface area contributed by atoms with Crippen LogP contribution in [0, 0.1) is 0 Å². The molecular weight excluding hydrogens is 312 g/mol. The molecule has 0 atom stereocenters. The number of amides is 1. The minimum absolute atomic E-state index is 0.344. The van der Waals surface area contributed by atoms with Crippen molar-refractivity contribution < 1.29 is 9.36 Å². The van der Waals surface area contributed by atoms with E-state index < -0.39 is 0 Å². The van der Waals surface area contributed by atoms with E-state index >= 15 is 0 Å². The smallest absolute Gasteiger partial charge is 0.374 e. The topological polar surface area (TPSA) is 79.9 Å². The van der Waals surface area contributed by atoms with Gasteiger partial charge in [-0.2, -0.15) is 0 Å². The van der Waals surface area contributed by atoms with E-state index in [4.69, 9.17) is 5.73 Å². The molecule has 0 unspecified atom stereocenters. The molecule has 1 heterocycles. The summed E-state index contributed by atoms with van der Waals surface area (Å²) in [6.45, 7) is 0.744. The molecule has 7 nitrogen and oxygen atoms in total. The number of aromatic nitrogens is 2. The summed E-state index contributed by atoms with van der Waals surface area (Å²) in [6.07, 6.45) is 3.85. The highest BCUT2D eigenvalue weighted by Gasteiger charge is 2.10. The Morgan fingerprint density at radius 2 is 2.04 bits per heavy atom. The summed E-state index contributed by atoms with van der Waals surface area (Å²) in [5.41, 5.74) is 6.95. The standard InChI is InChI=1S/C15H20N6OS/c1-19(10-11-23-14(16)22)13-6-4-12(5-7-13)17-18-15-20(2)8-9-21(15)3/h4-9H,10-11H2,1-3H3,(H-,16,22)/p+1. The number of hydrogen-bond acceptors (Lipinski definition) is 5. The van der Waals surface area contributed by atoms with Crippen molar-refractivity contribution in [3.05, 3.63) is 36.7 Å². The Bertz CT molecular complexity index is 675. The van der Waals surface area contributed by atoms with Gasteiger partial charge in [-0.3, -0.25) is 4.79 Å². The lowest BCUT2D eigenvalue weighted by Crippen LogP contribution is -2.25. The monoisotopic (exact) mass is 333 g/mol. The van der Waals surface area contributed by atoms with Crippen molar-refractivity contribution in [1.29, 1.82) is 0 Å². The molecule has 0 fully saturated rings. The lowest BCUT2D eigenvalue weighted by molar-refractivity contribution is -0.657. The van der Waals surface area contributed by atoms with Gasteiger partial charge in [0, 0.05) is 30.1 Å². The number of rotatable bonds is 6. The third-order valence-electron chi connectivity index (χ3n) is 3.36. The highest BCUT2D eigenvalue weighted by molar-refractivity contribution is 8.13. The molecule has 122 valence electrons. The molecular formula is C15H21N6OS+. The Hall–Kier alpha value is -2.35. The second-order valence-corrected chi connectivity index (χ2v) is 6.22. The average molecular weight is 333 g/mol. The van der Waals surface area contributed by atoms with E-state index in [1.807, 2.05) is 66.9 Å². The number of aryl methyl sites for hydroxylation is 2. The van der Waals surface area contributed by atoms with Crippen LogP contribution in [0.3, 0.4) is 0 Å². The first-order chi connectivity index (χ1) is 11.0. The van der Waals surface area contributed by atoms with E-state index in [2.05, 4.69) is 15.1 Å². The van der Waals surface area contributed by atoms with E-state index in [1.54, 1.807) is 0 Å². The molecule has 0 spiro atoms. The Labute approximate surface area is 139 Å². The summed E-state index contributed by atoms with van der Waals surface area (Å²) >= 11 is 1.13. The van der Waals surface area contributed by atoms with E-state index in [0.29, 0.717) is 5.75 Å². The van der Waals surface area contributed by atoms with Crippen LogP contribution < -0.4 is 15.2 Å². The molecule has 0 saturated heterocycles. The summed E-state index contributed by atoms with van der Waals surface area (Å²) in [5.74, 6) is 1.44. The number of nitrogens with zero attached hydrogens (tertiary/aromatic N) is 5. The van der Waals surface area contributed by atoms with Crippen molar-refractivity contribution in [2.24, 2.45) is 30.1 Å². The van der Waals surface area contributed by atoms with Gasteiger partial charge in [0.05, 0.1) is 26.5 Å². The van der Waals surface area contributed by atoms with Gasteiger partial charge < -0.3 is 10.6 Å². The van der Waals surface area contributed by atoms with Crippen LogP contribution in [0.5, 0.6) is 0 Å². The Morgan fingerprint density at radius 1 is 1.35 bits per heavy atom. The Morgan fingerprint density at radius 3 is 2.61 bits per heavy atom. The molecule has 0 aliphatic carbocycles. The minimum atomic E-state index is -0.344. The van der Waals surface area contributed by atoms with Gasteiger partial charge in [-0.15, -0.1) is 0 Å². The number of primary amides is 1. The average Bonchev–Trinajstić information content (AvgIpc) is 2.84. The molecule has 2 rings (SSSR count). The third-order valence-corrected chi connectivity index (χ3v) is 4.03. The largest absolute Gasteiger partial charge is 0.421 e. The molecule has 8 heteroatoms. The summed E-state index contributed by atoms with van der Waals surface area (Å²) in [6, 6.07) is 7.79. The predicted octanol–water partition coefficient (Wildman–Crippen LogP) is 2.51. The van der Waals surface area contributed by atoms with E-state index in [0.717, 1.165) is 35.6 Å². The SMILES string of the molecule is CN(CCSC(N)=O)c1ccc(/N=N/c2n(C)cc[n+]2C)cc1. The summed E-state index contributed by atoms with van der Waals surface area (Å²) in [7, 11) is 5.83. The van der Waals surface area contributed by atoms with Crippen LogP contribution >= 0.6 is 11.8 Å². The fraction of sp³-hybridized carbons (Fsp3) is 0.333. The zero-order chi connectivity index (χ0) is 16.8. The van der Waals surface area contributed by atoms with Gasteiger partial charge in [-0.1, -0.05) is 16.9 Å². The van der Waals surface area contributed by atoms with Gasteiger partial charge in [0.25, 0.3) is 5.24 Å². The van der Waals surface area contributed by atoms with Crippen LogP contribution in [0.2, 0.25) is 0 Å². The van der Waals surface area contributed by atoms with Gasteiger partial charge in [0.2, 0.25) is 0 Å². The van der Waals surface area contributed by atoms with E-state index in [1.165, 1.54) is 0 Å². The van der Waals surface area contributed by atoms with Gasteiger partial charge in [-0.05, 0) is 24.3 Å². The summed E-state index contributed by atoms with van der Waals surface area (Å²) < 4.78 is 3.81. The van der Waals surface area contributed by atoms with Gasteiger partial charge in [0.1, 0.15) is 5.69 Å². The molecule has 0 radical (unpaired) electrons. The van der Waals surface area contributed by atoms with Gasteiger partial charge in [0.15, 0.2) is 0 Å². The van der Waals surface area contributed by atoms with Crippen LogP contribution in [0.25, 0.3) is 0 Å². The number of carbonyl (C=O) groups excluding carboxylic acids is 1. The Kier molecular flexibility index (Phi) is 5.75. The number of imidazole rings is 1. The molecule has 1 aromatic carbocycles. The van der Waals surface area contributed by atoms with Crippen LogP contribution in [0.1, 0.15) is 0 Å². The second-order valence-electron chi connectivity index (χ2n) is 5.13. The number of hydrogen-bond donors (Lipinski definition) is 1. The molecule has 2 N–H and O–H groups in total. The lowest BCUT2D eigenvalue weighted by Gasteiger charge is -2.18. The van der Waals surface area contributed by atoms with Crippen molar-refractivity contribution in [2.75, 3.05) is 24.2 Å². The fourth-order valence-electron chi connectivity index (χ4n) is 2.01. The van der Waals surface area contributed by atoms with E-state index in [-0.39, 0.29) is 5.24 Å². The molecule has 0 saturated carbocycles.